The topological polar surface area (TPSA) is 58.2 Å². The highest BCUT2D eigenvalue weighted by Gasteiger charge is 2.09. The molecule has 0 radical (unpaired) electrons. The molecule has 2 amide bonds. The normalized spacial score (nSPS) is 11.8. The molecule has 0 aromatic heterocycles. The van der Waals surface area contributed by atoms with E-state index in [1.165, 1.54) is 5.56 Å². The van der Waals surface area contributed by atoms with E-state index >= 15 is 0 Å². The molecule has 4 nitrogen and oxygen atoms in total. The largest absolute Gasteiger partial charge is 0.354 e. The summed E-state index contributed by atoms with van der Waals surface area (Å²) in [5.41, 5.74) is 3.08. The van der Waals surface area contributed by atoms with Crippen molar-refractivity contribution in [2.24, 2.45) is 0 Å². The molecule has 5 heteroatoms. The van der Waals surface area contributed by atoms with Gasteiger partial charge in [-0.15, -0.1) is 11.6 Å². The van der Waals surface area contributed by atoms with E-state index in [1.54, 1.807) is 6.92 Å². The van der Waals surface area contributed by atoms with Crippen LogP contribution >= 0.6 is 11.6 Å². The van der Waals surface area contributed by atoms with Crippen LogP contribution in [0.2, 0.25) is 0 Å². The first kappa shape index (κ1) is 15.5. The number of hydrogen-bond acceptors (Lipinski definition) is 2. The Morgan fingerprint density at radius 2 is 1.95 bits per heavy atom. The van der Waals surface area contributed by atoms with E-state index < -0.39 is 5.38 Å². The van der Waals surface area contributed by atoms with Crippen molar-refractivity contribution in [3.05, 3.63) is 29.3 Å². The second-order valence-electron chi connectivity index (χ2n) is 4.50. The van der Waals surface area contributed by atoms with Crippen molar-refractivity contribution in [1.82, 2.24) is 5.32 Å². The summed E-state index contributed by atoms with van der Waals surface area (Å²) >= 11 is 5.59. The van der Waals surface area contributed by atoms with E-state index in [0.717, 1.165) is 11.3 Å². The van der Waals surface area contributed by atoms with Crippen LogP contribution in [0.4, 0.5) is 5.69 Å². The number of nitrogens with one attached hydrogen (secondary N) is 2. The molecule has 1 atom stereocenters. The molecule has 0 saturated carbocycles. The fourth-order valence-corrected chi connectivity index (χ4v) is 1.56. The third kappa shape index (κ3) is 5.30. The van der Waals surface area contributed by atoms with Gasteiger partial charge < -0.3 is 10.6 Å². The summed E-state index contributed by atoms with van der Waals surface area (Å²) in [4.78, 5) is 22.9. The van der Waals surface area contributed by atoms with Crippen molar-refractivity contribution < 1.29 is 9.59 Å². The Labute approximate surface area is 118 Å². The first-order valence-corrected chi connectivity index (χ1v) is 6.62. The van der Waals surface area contributed by atoms with Gasteiger partial charge in [0.2, 0.25) is 11.8 Å². The molecule has 1 aromatic rings. The van der Waals surface area contributed by atoms with Gasteiger partial charge in [-0.25, -0.2) is 0 Å². The van der Waals surface area contributed by atoms with E-state index in [1.807, 2.05) is 32.0 Å². The lowest BCUT2D eigenvalue weighted by Crippen LogP contribution is -2.32. The highest BCUT2D eigenvalue weighted by molar-refractivity contribution is 6.30. The summed E-state index contributed by atoms with van der Waals surface area (Å²) in [6, 6.07) is 5.74. The maximum Gasteiger partial charge on any atom is 0.237 e. The number of amides is 2. The van der Waals surface area contributed by atoms with Gasteiger partial charge in [-0.3, -0.25) is 9.59 Å². The maximum atomic E-state index is 11.7. The highest BCUT2D eigenvalue weighted by atomic mass is 35.5. The van der Waals surface area contributed by atoms with E-state index in [2.05, 4.69) is 10.6 Å². The van der Waals surface area contributed by atoms with Gasteiger partial charge >= 0.3 is 0 Å². The van der Waals surface area contributed by atoms with Gasteiger partial charge in [-0.05, 0) is 44.0 Å². The number of benzene rings is 1. The second kappa shape index (κ2) is 7.14. The van der Waals surface area contributed by atoms with Crippen molar-refractivity contribution in [3.63, 3.8) is 0 Å². The van der Waals surface area contributed by atoms with E-state index in [0.29, 0.717) is 0 Å². The summed E-state index contributed by atoms with van der Waals surface area (Å²) in [7, 11) is 0. The molecule has 0 heterocycles. The van der Waals surface area contributed by atoms with Gasteiger partial charge in [0.1, 0.15) is 5.38 Å². The van der Waals surface area contributed by atoms with Gasteiger partial charge in [0.05, 0.1) is 0 Å². The molecule has 1 aromatic carbocycles. The van der Waals surface area contributed by atoms with Gasteiger partial charge in [0, 0.05) is 18.7 Å². The van der Waals surface area contributed by atoms with Crippen LogP contribution in [0.5, 0.6) is 0 Å². The molecular formula is C14H19ClN2O2. The molecule has 1 rings (SSSR count). The van der Waals surface area contributed by atoms with Crippen molar-refractivity contribution in [2.45, 2.75) is 32.6 Å². The molecule has 19 heavy (non-hydrogen) atoms. The first-order chi connectivity index (χ1) is 8.90. The van der Waals surface area contributed by atoms with Gasteiger partial charge in [0.15, 0.2) is 0 Å². The Hall–Kier alpha value is -1.55. The summed E-state index contributed by atoms with van der Waals surface area (Å²) < 4.78 is 0. The summed E-state index contributed by atoms with van der Waals surface area (Å²) in [5.74, 6) is -0.397. The van der Waals surface area contributed by atoms with Crippen LogP contribution in [0.1, 0.15) is 24.5 Å². The number of rotatable bonds is 5. The summed E-state index contributed by atoms with van der Waals surface area (Å²) in [5, 5.41) is 4.80. The van der Waals surface area contributed by atoms with E-state index in [4.69, 9.17) is 11.6 Å². The van der Waals surface area contributed by atoms with Crippen LogP contribution < -0.4 is 10.6 Å². The Balaban J connectivity index is 2.39. The van der Waals surface area contributed by atoms with Crippen LogP contribution in [0, 0.1) is 13.8 Å². The minimum atomic E-state index is -0.581. The molecule has 0 fully saturated rings. The average Bonchev–Trinajstić information content (AvgIpc) is 2.33. The predicted molar refractivity (Wildman–Crippen MR) is 77.5 cm³/mol. The lowest BCUT2D eigenvalue weighted by Gasteiger charge is -2.09. The molecule has 104 valence electrons. The van der Waals surface area contributed by atoms with Crippen molar-refractivity contribution in [1.29, 1.82) is 0 Å². The van der Waals surface area contributed by atoms with E-state index in [9.17, 15) is 9.59 Å². The summed E-state index contributed by atoms with van der Waals surface area (Å²) in [6.45, 7) is 5.88. The molecule has 0 saturated heterocycles. The standard InChI is InChI=1S/C14H19ClN2O2/c1-9-4-5-12(8-10(9)2)17-13(18)6-7-16-14(19)11(3)15/h4-5,8,11H,6-7H2,1-3H3,(H,16,19)(H,17,18)/t11-/m0/s1. The SMILES string of the molecule is Cc1ccc(NC(=O)CCNC(=O)[C@H](C)Cl)cc1C. The zero-order valence-electron chi connectivity index (χ0n) is 11.4. The maximum absolute atomic E-state index is 11.7. The lowest BCUT2D eigenvalue weighted by molar-refractivity contribution is -0.120. The number of anilines is 1. The van der Waals surface area contributed by atoms with Crippen molar-refractivity contribution in [3.8, 4) is 0 Å². The molecular weight excluding hydrogens is 264 g/mol. The number of carbonyl (C=O) groups is 2. The smallest absolute Gasteiger partial charge is 0.237 e. The van der Waals surface area contributed by atoms with Crippen LogP contribution in [0.3, 0.4) is 0 Å². The fraction of sp³-hybridized carbons (Fsp3) is 0.429. The number of carbonyl (C=O) groups excluding carboxylic acids is 2. The monoisotopic (exact) mass is 282 g/mol. The summed E-state index contributed by atoms with van der Waals surface area (Å²) in [6.07, 6.45) is 0.224. The molecule has 0 aliphatic carbocycles. The molecule has 0 aliphatic heterocycles. The van der Waals surface area contributed by atoms with Gasteiger partial charge in [-0.1, -0.05) is 6.07 Å². The Kier molecular flexibility index (Phi) is 5.83. The second-order valence-corrected chi connectivity index (χ2v) is 5.16. The Morgan fingerprint density at radius 3 is 2.53 bits per heavy atom. The van der Waals surface area contributed by atoms with Crippen LogP contribution in [-0.2, 0) is 9.59 Å². The zero-order valence-corrected chi connectivity index (χ0v) is 12.2. The number of hydrogen-bond donors (Lipinski definition) is 2. The molecule has 0 unspecified atom stereocenters. The predicted octanol–water partition coefficient (Wildman–Crippen LogP) is 2.38. The number of aryl methyl sites for hydroxylation is 2. The molecule has 0 aliphatic rings. The van der Waals surface area contributed by atoms with Crippen LogP contribution in [0.25, 0.3) is 0 Å². The molecule has 0 spiro atoms. The number of halogens is 1. The third-order valence-electron chi connectivity index (χ3n) is 2.80. The minimum absolute atomic E-state index is 0.134. The molecule has 2 N–H and O–H groups in total. The Bertz CT molecular complexity index is 473. The third-order valence-corrected chi connectivity index (χ3v) is 3.00. The fourth-order valence-electron chi connectivity index (χ4n) is 1.48. The lowest BCUT2D eigenvalue weighted by atomic mass is 10.1. The van der Waals surface area contributed by atoms with Crippen molar-refractivity contribution in [2.75, 3.05) is 11.9 Å². The quantitative estimate of drug-likeness (QED) is 0.815. The number of alkyl halides is 1. The van der Waals surface area contributed by atoms with Gasteiger partial charge in [-0.2, -0.15) is 0 Å². The van der Waals surface area contributed by atoms with Crippen LogP contribution in [-0.4, -0.2) is 23.7 Å². The van der Waals surface area contributed by atoms with Crippen molar-refractivity contribution >= 4 is 29.1 Å². The van der Waals surface area contributed by atoms with E-state index in [-0.39, 0.29) is 24.8 Å². The molecule has 0 bridgehead atoms. The average molecular weight is 283 g/mol. The van der Waals surface area contributed by atoms with Gasteiger partial charge in [0.25, 0.3) is 0 Å². The minimum Gasteiger partial charge on any atom is -0.354 e. The zero-order chi connectivity index (χ0) is 14.4. The van der Waals surface area contributed by atoms with Crippen LogP contribution in [0.15, 0.2) is 18.2 Å². The highest BCUT2D eigenvalue weighted by Crippen LogP contribution is 2.14. The first-order valence-electron chi connectivity index (χ1n) is 6.19. The Morgan fingerprint density at radius 1 is 1.26 bits per heavy atom.